The maximum absolute atomic E-state index is 12.8. The predicted molar refractivity (Wildman–Crippen MR) is 118 cm³/mol. The number of ether oxygens (including phenoxy) is 1. The molecule has 30 heavy (non-hydrogen) atoms. The Morgan fingerprint density at radius 1 is 1.00 bits per heavy atom. The third-order valence-electron chi connectivity index (χ3n) is 5.66. The Hall–Kier alpha value is -2.86. The first kappa shape index (κ1) is 21.8. The Labute approximate surface area is 178 Å². The van der Waals surface area contributed by atoms with Crippen molar-refractivity contribution in [3.63, 3.8) is 0 Å². The molecule has 1 aliphatic rings. The lowest BCUT2D eigenvalue weighted by Gasteiger charge is -2.34. The standard InChI is InChI=1S/C24H31N3O3/c1-18-6-4-5-7-20(18)10-11-25-23(28)17-26-12-14-27(15-13-26)24(29)21-9-8-19(2)22(16-21)30-3/h4-9,16H,10-15,17H2,1-3H3,(H,25,28). The summed E-state index contributed by atoms with van der Waals surface area (Å²) in [6.45, 7) is 7.67. The van der Waals surface area contributed by atoms with Crippen molar-refractivity contribution >= 4 is 11.8 Å². The van der Waals surface area contributed by atoms with Crippen molar-refractivity contribution in [1.29, 1.82) is 0 Å². The SMILES string of the molecule is COc1cc(C(=O)N2CCN(CC(=O)NCCc3ccccc3C)CC2)ccc1C. The number of methoxy groups -OCH3 is 1. The van der Waals surface area contributed by atoms with Crippen LogP contribution < -0.4 is 10.1 Å². The van der Waals surface area contributed by atoms with Gasteiger partial charge in [-0.2, -0.15) is 0 Å². The third kappa shape index (κ3) is 5.60. The average Bonchev–Trinajstić information content (AvgIpc) is 2.75. The van der Waals surface area contributed by atoms with Crippen molar-refractivity contribution in [1.82, 2.24) is 15.1 Å². The van der Waals surface area contributed by atoms with Crippen LogP contribution in [0.15, 0.2) is 42.5 Å². The van der Waals surface area contributed by atoms with Gasteiger partial charge >= 0.3 is 0 Å². The van der Waals surface area contributed by atoms with Gasteiger partial charge in [-0.15, -0.1) is 0 Å². The van der Waals surface area contributed by atoms with E-state index in [9.17, 15) is 9.59 Å². The molecule has 1 saturated heterocycles. The summed E-state index contributed by atoms with van der Waals surface area (Å²) in [7, 11) is 1.61. The molecule has 0 atom stereocenters. The Balaban J connectivity index is 1.42. The molecule has 2 amide bonds. The molecule has 0 unspecified atom stereocenters. The fourth-order valence-corrected chi connectivity index (χ4v) is 3.73. The van der Waals surface area contributed by atoms with E-state index < -0.39 is 0 Å². The van der Waals surface area contributed by atoms with Gasteiger partial charge in [-0.25, -0.2) is 0 Å². The molecule has 6 nitrogen and oxygen atoms in total. The maximum atomic E-state index is 12.8. The zero-order chi connectivity index (χ0) is 21.5. The number of amides is 2. The van der Waals surface area contributed by atoms with Gasteiger partial charge in [-0.05, 0) is 49.1 Å². The summed E-state index contributed by atoms with van der Waals surface area (Å²) in [5.74, 6) is 0.768. The van der Waals surface area contributed by atoms with Gasteiger partial charge in [0.25, 0.3) is 5.91 Å². The molecule has 0 aliphatic carbocycles. The van der Waals surface area contributed by atoms with E-state index in [0.717, 1.165) is 17.7 Å². The summed E-state index contributed by atoms with van der Waals surface area (Å²) < 4.78 is 5.33. The van der Waals surface area contributed by atoms with Crippen LogP contribution in [-0.2, 0) is 11.2 Å². The van der Waals surface area contributed by atoms with E-state index in [1.165, 1.54) is 11.1 Å². The second-order valence-corrected chi connectivity index (χ2v) is 7.78. The van der Waals surface area contributed by atoms with Crippen LogP contribution in [0.1, 0.15) is 27.0 Å². The summed E-state index contributed by atoms with van der Waals surface area (Å²) in [6.07, 6.45) is 0.834. The highest BCUT2D eigenvalue weighted by Gasteiger charge is 2.23. The minimum absolute atomic E-state index is 0.00984. The molecular formula is C24H31N3O3. The Bertz CT molecular complexity index is 889. The summed E-state index contributed by atoms with van der Waals surface area (Å²) in [5.41, 5.74) is 4.16. The highest BCUT2D eigenvalue weighted by molar-refractivity contribution is 5.94. The van der Waals surface area contributed by atoms with Crippen LogP contribution in [0, 0.1) is 13.8 Å². The molecular weight excluding hydrogens is 378 g/mol. The molecule has 6 heteroatoms. The minimum atomic E-state index is 0.00984. The van der Waals surface area contributed by atoms with Crippen LogP contribution in [0.4, 0.5) is 0 Å². The quantitative estimate of drug-likeness (QED) is 0.763. The van der Waals surface area contributed by atoms with Crippen LogP contribution in [0.2, 0.25) is 0 Å². The van der Waals surface area contributed by atoms with E-state index >= 15 is 0 Å². The molecule has 1 heterocycles. The molecule has 1 aliphatic heterocycles. The first-order valence-corrected chi connectivity index (χ1v) is 10.5. The number of benzene rings is 2. The van der Waals surface area contributed by atoms with Gasteiger partial charge in [-0.1, -0.05) is 30.3 Å². The smallest absolute Gasteiger partial charge is 0.254 e. The lowest BCUT2D eigenvalue weighted by molar-refractivity contribution is -0.122. The van der Waals surface area contributed by atoms with Crippen molar-refractivity contribution in [2.24, 2.45) is 0 Å². The van der Waals surface area contributed by atoms with Gasteiger partial charge < -0.3 is 15.0 Å². The van der Waals surface area contributed by atoms with E-state index in [4.69, 9.17) is 4.74 Å². The highest BCUT2D eigenvalue weighted by Crippen LogP contribution is 2.20. The molecule has 0 aromatic heterocycles. The molecule has 1 fully saturated rings. The second-order valence-electron chi connectivity index (χ2n) is 7.78. The zero-order valence-corrected chi connectivity index (χ0v) is 18.1. The number of hydrogen-bond acceptors (Lipinski definition) is 4. The van der Waals surface area contributed by atoms with Crippen LogP contribution in [-0.4, -0.2) is 68.0 Å². The van der Waals surface area contributed by atoms with Gasteiger partial charge in [0.1, 0.15) is 5.75 Å². The van der Waals surface area contributed by atoms with Gasteiger partial charge in [0.15, 0.2) is 0 Å². The topological polar surface area (TPSA) is 61.9 Å². The monoisotopic (exact) mass is 409 g/mol. The van der Waals surface area contributed by atoms with Crippen LogP contribution in [0.3, 0.4) is 0 Å². The van der Waals surface area contributed by atoms with Gasteiger partial charge in [-0.3, -0.25) is 14.5 Å². The lowest BCUT2D eigenvalue weighted by atomic mass is 10.1. The molecule has 2 aromatic carbocycles. The van der Waals surface area contributed by atoms with Crippen LogP contribution >= 0.6 is 0 Å². The van der Waals surface area contributed by atoms with Crippen molar-refractivity contribution in [3.8, 4) is 5.75 Å². The number of carbonyl (C=O) groups is 2. The number of nitrogens with zero attached hydrogens (tertiary/aromatic N) is 2. The number of rotatable bonds is 7. The van der Waals surface area contributed by atoms with Crippen molar-refractivity contribution < 1.29 is 14.3 Å². The van der Waals surface area contributed by atoms with Crippen molar-refractivity contribution in [2.75, 3.05) is 46.4 Å². The molecule has 160 valence electrons. The average molecular weight is 410 g/mol. The molecule has 2 aromatic rings. The maximum Gasteiger partial charge on any atom is 0.254 e. The van der Waals surface area contributed by atoms with Gasteiger partial charge in [0.2, 0.25) is 5.91 Å². The first-order valence-electron chi connectivity index (χ1n) is 10.5. The summed E-state index contributed by atoms with van der Waals surface area (Å²) >= 11 is 0. The Kier molecular flexibility index (Phi) is 7.46. The fourth-order valence-electron chi connectivity index (χ4n) is 3.73. The number of aryl methyl sites for hydroxylation is 2. The predicted octanol–water partition coefficient (Wildman–Crippen LogP) is 2.43. The summed E-state index contributed by atoms with van der Waals surface area (Å²) in [6, 6.07) is 13.8. The molecule has 0 radical (unpaired) electrons. The number of nitrogens with one attached hydrogen (secondary N) is 1. The number of carbonyl (C=O) groups excluding carboxylic acids is 2. The summed E-state index contributed by atoms with van der Waals surface area (Å²) in [5, 5.41) is 3.01. The van der Waals surface area contributed by atoms with E-state index in [1.54, 1.807) is 13.2 Å². The molecule has 0 saturated carbocycles. The zero-order valence-electron chi connectivity index (χ0n) is 18.1. The fraction of sp³-hybridized carbons (Fsp3) is 0.417. The Morgan fingerprint density at radius 2 is 1.73 bits per heavy atom. The van der Waals surface area contributed by atoms with Crippen LogP contribution in [0.25, 0.3) is 0 Å². The second kappa shape index (κ2) is 10.3. The van der Waals surface area contributed by atoms with Gasteiger partial charge in [0.05, 0.1) is 13.7 Å². The van der Waals surface area contributed by atoms with E-state index in [0.29, 0.717) is 44.8 Å². The molecule has 1 N–H and O–H groups in total. The largest absolute Gasteiger partial charge is 0.496 e. The lowest BCUT2D eigenvalue weighted by Crippen LogP contribution is -2.51. The van der Waals surface area contributed by atoms with Crippen molar-refractivity contribution in [3.05, 3.63) is 64.7 Å². The Morgan fingerprint density at radius 3 is 2.43 bits per heavy atom. The number of piperazine rings is 1. The molecule has 0 spiro atoms. The first-order chi connectivity index (χ1) is 14.5. The normalized spacial score (nSPS) is 14.4. The molecule has 3 rings (SSSR count). The van der Waals surface area contributed by atoms with Crippen molar-refractivity contribution in [2.45, 2.75) is 20.3 Å². The minimum Gasteiger partial charge on any atom is -0.496 e. The molecule has 0 bridgehead atoms. The van der Waals surface area contributed by atoms with E-state index in [-0.39, 0.29) is 11.8 Å². The van der Waals surface area contributed by atoms with Crippen LogP contribution in [0.5, 0.6) is 5.75 Å². The number of hydrogen-bond donors (Lipinski definition) is 1. The van der Waals surface area contributed by atoms with E-state index in [2.05, 4.69) is 29.3 Å². The summed E-state index contributed by atoms with van der Waals surface area (Å²) in [4.78, 5) is 29.0. The van der Waals surface area contributed by atoms with E-state index in [1.807, 2.05) is 36.1 Å². The highest BCUT2D eigenvalue weighted by atomic mass is 16.5. The third-order valence-corrected chi connectivity index (χ3v) is 5.66. The van der Waals surface area contributed by atoms with Gasteiger partial charge in [0, 0.05) is 38.3 Å².